The molecule has 9 heteroatoms. The van der Waals surface area contributed by atoms with Gasteiger partial charge in [-0.25, -0.2) is 9.97 Å². The first kappa shape index (κ1) is 23.7. The van der Waals surface area contributed by atoms with Gasteiger partial charge in [0.25, 0.3) is 0 Å². The Morgan fingerprint density at radius 1 is 1.00 bits per heavy atom. The molecule has 8 nitrogen and oxygen atoms in total. The lowest BCUT2D eigenvalue weighted by Gasteiger charge is -2.35. The third-order valence-electron chi connectivity index (χ3n) is 5.67. The molecule has 2 aromatic heterocycles. The minimum absolute atomic E-state index is 0.0574. The van der Waals surface area contributed by atoms with Crippen molar-refractivity contribution in [1.82, 2.24) is 20.2 Å². The van der Waals surface area contributed by atoms with Crippen LogP contribution < -0.4 is 15.5 Å². The second kappa shape index (κ2) is 11.6. The van der Waals surface area contributed by atoms with E-state index in [0.717, 1.165) is 30.9 Å². The third-order valence-corrected chi connectivity index (χ3v) is 6.61. The maximum Gasteiger partial charge on any atom is 0.223 e. The van der Waals surface area contributed by atoms with Gasteiger partial charge in [0, 0.05) is 69.1 Å². The zero-order valence-corrected chi connectivity index (χ0v) is 20.2. The van der Waals surface area contributed by atoms with E-state index in [1.807, 2.05) is 52.7 Å². The number of hydrogen-bond acceptors (Lipinski definition) is 7. The summed E-state index contributed by atoms with van der Waals surface area (Å²) in [5, 5.41) is 8.12. The number of anilines is 2. The van der Waals surface area contributed by atoms with Gasteiger partial charge < -0.3 is 20.4 Å². The zero-order valence-electron chi connectivity index (χ0n) is 19.4. The summed E-state index contributed by atoms with van der Waals surface area (Å²) < 4.78 is 0. The molecule has 2 N–H and O–H groups in total. The highest BCUT2D eigenvalue weighted by Gasteiger charge is 2.23. The Morgan fingerprint density at radius 3 is 2.50 bits per heavy atom. The van der Waals surface area contributed by atoms with Gasteiger partial charge in [0.15, 0.2) is 5.82 Å². The summed E-state index contributed by atoms with van der Waals surface area (Å²) in [6.45, 7) is 5.39. The van der Waals surface area contributed by atoms with Crippen molar-refractivity contribution in [2.75, 3.05) is 49.5 Å². The molecular formula is C25H30N6O2S. The molecular weight excluding hydrogens is 448 g/mol. The number of carbonyl (C=O) groups is 2. The summed E-state index contributed by atoms with van der Waals surface area (Å²) in [6.07, 6.45) is 1.35. The van der Waals surface area contributed by atoms with Crippen molar-refractivity contribution in [3.05, 3.63) is 58.8 Å². The number of nitrogens with zero attached hydrogens (tertiary/aromatic N) is 4. The van der Waals surface area contributed by atoms with Crippen molar-refractivity contribution in [3.8, 4) is 11.4 Å². The lowest BCUT2D eigenvalue weighted by molar-refractivity contribution is -0.131. The quantitative estimate of drug-likeness (QED) is 0.460. The topological polar surface area (TPSA) is 90.5 Å². The number of thiophene rings is 1. The Labute approximate surface area is 204 Å². The molecule has 0 aliphatic carbocycles. The molecule has 0 spiro atoms. The van der Waals surface area contributed by atoms with E-state index in [9.17, 15) is 9.59 Å². The minimum Gasteiger partial charge on any atom is -0.368 e. The van der Waals surface area contributed by atoms with Crippen LogP contribution in [0.3, 0.4) is 0 Å². The highest BCUT2D eigenvalue weighted by Crippen LogP contribution is 2.23. The first-order valence-corrected chi connectivity index (χ1v) is 12.4. The molecule has 3 heterocycles. The molecule has 1 aliphatic heterocycles. The molecule has 0 saturated carbocycles. The predicted molar refractivity (Wildman–Crippen MR) is 136 cm³/mol. The summed E-state index contributed by atoms with van der Waals surface area (Å²) in [5.74, 6) is 2.35. The molecule has 0 bridgehead atoms. The zero-order chi connectivity index (χ0) is 23.8. The second-order valence-corrected chi connectivity index (χ2v) is 9.19. The molecule has 0 radical (unpaired) electrons. The largest absolute Gasteiger partial charge is 0.368 e. The van der Waals surface area contributed by atoms with Crippen LogP contribution in [0.2, 0.25) is 0 Å². The van der Waals surface area contributed by atoms with Crippen LogP contribution in [-0.4, -0.2) is 66.0 Å². The van der Waals surface area contributed by atoms with Gasteiger partial charge >= 0.3 is 0 Å². The lowest BCUT2D eigenvalue weighted by Crippen LogP contribution is -2.49. The van der Waals surface area contributed by atoms with Crippen LogP contribution in [0.5, 0.6) is 0 Å². The average molecular weight is 479 g/mol. The van der Waals surface area contributed by atoms with Crippen LogP contribution in [0.4, 0.5) is 11.6 Å². The van der Waals surface area contributed by atoms with Crippen molar-refractivity contribution in [3.63, 3.8) is 0 Å². The van der Waals surface area contributed by atoms with Crippen LogP contribution in [0.15, 0.2) is 53.9 Å². The molecule has 1 fully saturated rings. The number of amides is 2. The minimum atomic E-state index is -0.0574. The van der Waals surface area contributed by atoms with Crippen LogP contribution in [0.25, 0.3) is 11.4 Å². The van der Waals surface area contributed by atoms with E-state index in [2.05, 4.69) is 26.6 Å². The highest BCUT2D eigenvalue weighted by atomic mass is 32.1. The third kappa shape index (κ3) is 6.54. The molecule has 34 heavy (non-hydrogen) atoms. The summed E-state index contributed by atoms with van der Waals surface area (Å²) in [5.41, 5.74) is 0.941. The second-order valence-electron chi connectivity index (χ2n) is 8.16. The van der Waals surface area contributed by atoms with Gasteiger partial charge in [-0.1, -0.05) is 36.4 Å². The van der Waals surface area contributed by atoms with Gasteiger partial charge in [0.2, 0.25) is 11.8 Å². The van der Waals surface area contributed by atoms with E-state index < -0.39 is 0 Å². The van der Waals surface area contributed by atoms with Crippen molar-refractivity contribution in [2.24, 2.45) is 0 Å². The monoisotopic (exact) mass is 478 g/mol. The number of rotatable bonds is 9. The first-order chi connectivity index (χ1) is 16.6. The van der Waals surface area contributed by atoms with Gasteiger partial charge in [-0.3, -0.25) is 9.59 Å². The molecule has 0 unspecified atom stereocenters. The van der Waals surface area contributed by atoms with E-state index in [4.69, 9.17) is 4.98 Å². The molecule has 1 saturated heterocycles. The lowest BCUT2D eigenvalue weighted by atomic mass is 10.2. The number of carbonyl (C=O) groups excluding carboxylic acids is 2. The Balaban J connectivity index is 1.41. The highest BCUT2D eigenvalue weighted by molar-refractivity contribution is 7.09. The molecule has 2 amide bonds. The SMILES string of the molecule is CC(=O)NCCNc1cc(N2CCN(C(=O)CCc3cccs3)CC2)nc(-c2ccccc2)n1. The van der Waals surface area contributed by atoms with Crippen LogP contribution in [0, 0.1) is 0 Å². The molecule has 3 aromatic rings. The number of aromatic nitrogens is 2. The summed E-state index contributed by atoms with van der Waals surface area (Å²) in [4.78, 5) is 38.7. The van der Waals surface area contributed by atoms with Crippen molar-refractivity contribution in [1.29, 1.82) is 0 Å². The normalized spacial score (nSPS) is 13.6. The van der Waals surface area contributed by atoms with Crippen molar-refractivity contribution < 1.29 is 9.59 Å². The standard InChI is InChI=1S/C25H30N6O2S/c1-19(32)26-11-12-27-22-18-23(29-25(28-22)20-6-3-2-4-7-20)30-13-15-31(16-14-30)24(33)10-9-21-8-5-17-34-21/h2-8,17-18H,9-16H2,1H3,(H,26,32)(H,27,28,29). The number of nitrogens with one attached hydrogen (secondary N) is 2. The molecule has 178 valence electrons. The number of aryl methyl sites for hydroxylation is 1. The number of benzene rings is 1. The summed E-state index contributed by atoms with van der Waals surface area (Å²) >= 11 is 1.70. The van der Waals surface area contributed by atoms with Crippen LogP contribution in [-0.2, 0) is 16.0 Å². The summed E-state index contributed by atoms with van der Waals surface area (Å²) in [7, 11) is 0. The fourth-order valence-electron chi connectivity index (χ4n) is 3.86. The fraction of sp³-hybridized carbons (Fsp3) is 0.360. The van der Waals surface area contributed by atoms with E-state index in [-0.39, 0.29) is 11.8 Å². The first-order valence-electron chi connectivity index (χ1n) is 11.6. The molecule has 4 rings (SSSR count). The Kier molecular flexibility index (Phi) is 8.08. The van der Waals surface area contributed by atoms with Crippen molar-refractivity contribution in [2.45, 2.75) is 19.8 Å². The van der Waals surface area contributed by atoms with Crippen LogP contribution >= 0.6 is 11.3 Å². The van der Waals surface area contributed by atoms with Gasteiger partial charge in [0.05, 0.1) is 0 Å². The van der Waals surface area contributed by atoms with Crippen molar-refractivity contribution >= 4 is 34.8 Å². The van der Waals surface area contributed by atoms with Gasteiger partial charge in [0.1, 0.15) is 11.6 Å². The average Bonchev–Trinajstić information content (AvgIpc) is 3.39. The Morgan fingerprint density at radius 2 is 1.79 bits per heavy atom. The van der Waals surface area contributed by atoms with E-state index in [0.29, 0.717) is 44.2 Å². The van der Waals surface area contributed by atoms with Crippen LogP contribution in [0.1, 0.15) is 18.2 Å². The van der Waals surface area contributed by atoms with E-state index in [1.54, 1.807) is 11.3 Å². The number of hydrogen-bond donors (Lipinski definition) is 2. The van der Waals surface area contributed by atoms with Gasteiger partial charge in [-0.15, -0.1) is 11.3 Å². The smallest absolute Gasteiger partial charge is 0.223 e. The van der Waals surface area contributed by atoms with E-state index in [1.165, 1.54) is 11.8 Å². The maximum atomic E-state index is 12.7. The Hall–Kier alpha value is -3.46. The van der Waals surface area contributed by atoms with Gasteiger partial charge in [-0.05, 0) is 17.9 Å². The van der Waals surface area contributed by atoms with E-state index >= 15 is 0 Å². The molecule has 1 aromatic carbocycles. The summed E-state index contributed by atoms with van der Waals surface area (Å²) in [6, 6.07) is 15.9. The molecule has 0 atom stereocenters. The predicted octanol–water partition coefficient (Wildman–Crippen LogP) is 3.03. The van der Waals surface area contributed by atoms with Gasteiger partial charge in [-0.2, -0.15) is 0 Å². The Bertz CT molecular complexity index is 1080. The number of piperazine rings is 1. The maximum absolute atomic E-state index is 12.7. The molecule has 1 aliphatic rings. The fourth-order valence-corrected chi connectivity index (χ4v) is 4.57.